The number of likely N-dealkylation sites (N-methyl/N-ethyl adjacent to an activating group) is 1. The highest BCUT2D eigenvalue weighted by Crippen LogP contribution is 2.42. The number of fused-ring (bicyclic) bond motifs is 1. The number of piperidine rings is 1. The molecule has 3 rings (SSSR count). The van der Waals surface area contributed by atoms with Gasteiger partial charge in [-0.1, -0.05) is 32.4 Å². The van der Waals surface area contributed by atoms with Gasteiger partial charge in [0.15, 0.2) is 6.23 Å². The van der Waals surface area contributed by atoms with Crippen molar-refractivity contribution in [3.05, 3.63) is 29.3 Å². The predicted octanol–water partition coefficient (Wildman–Crippen LogP) is 3.05. The van der Waals surface area contributed by atoms with E-state index in [9.17, 15) is 13.0 Å². The van der Waals surface area contributed by atoms with E-state index in [2.05, 4.69) is 17.9 Å². The molecule has 1 fully saturated rings. The molecule has 7 heteroatoms. The van der Waals surface area contributed by atoms with Crippen LogP contribution in [0.25, 0.3) is 0 Å². The number of nitrogens with zero attached hydrogens (tertiary/aromatic N) is 2. The van der Waals surface area contributed by atoms with E-state index >= 15 is 0 Å². The van der Waals surface area contributed by atoms with Crippen molar-refractivity contribution in [3.8, 4) is 5.75 Å². The lowest BCUT2D eigenvalue weighted by molar-refractivity contribution is 0.0104. The maximum atomic E-state index is 11.3. The van der Waals surface area contributed by atoms with Gasteiger partial charge in [0.25, 0.3) is 0 Å². The van der Waals surface area contributed by atoms with Crippen molar-refractivity contribution in [1.29, 1.82) is 0 Å². The van der Waals surface area contributed by atoms with Crippen LogP contribution in [0.5, 0.6) is 5.75 Å². The summed E-state index contributed by atoms with van der Waals surface area (Å²) >= 11 is 0. The molecule has 2 heterocycles. The molecule has 6 nitrogen and oxygen atoms in total. The Labute approximate surface area is 157 Å². The quantitative estimate of drug-likeness (QED) is 0.734. The molecule has 0 amide bonds. The molecule has 26 heavy (non-hydrogen) atoms. The summed E-state index contributed by atoms with van der Waals surface area (Å²) in [6.45, 7) is 6.66. The fourth-order valence-corrected chi connectivity index (χ4v) is 4.78. The molecule has 2 aliphatic rings. The number of benzene rings is 1. The monoisotopic (exact) mass is 382 g/mol. The van der Waals surface area contributed by atoms with Crippen LogP contribution < -0.4 is 4.74 Å². The molecule has 1 saturated heterocycles. The number of hydrogen-bond donors (Lipinski definition) is 1. The van der Waals surface area contributed by atoms with Crippen LogP contribution in [0.4, 0.5) is 0 Å². The van der Waals surface area contributed by atoms with Crippen LogP contribution in [0, 0.1) is 0 Å². The Hall–Kier alpha value is -1.15. The average Bonchev–Trinajstić information content (AvgIpc) is 2.99. The van der Waals surface area contributed by atoms with E-state index in [1.807, 2.05) is 12.1 Å². The second kappa shape index (κ2) is 8.25. The highest BCUT2D eigenvalue weighted by atomic mass is 32.2. The van der Waals surface area contributed by atoms with Gasteiger partial charge in [-0.05, 0) is 37.3 Å². The van der Waals surface area contributed by atoms with E-state index in [4.69, 9.17) is 4.74 Å². The summed E-state index contributed by atoms with van der Waals surface area (Å²) in [4.78, 5) is 2.47. The van der Waals surface area contributed by atoms with Gasteiger partial charge in [0.2, 0.25) is 0 Å². The van der Waals surface area contributed by atoms with E-state index in [1.165, 1.54) is 24.8 Å². The summed E-state index contributed by atoms with van der Waals surface area (Å²) in [5.74, 6) is 1.31. The standard InChI is InChI=1S/C19H30N2O4S/c1-3-16-17-14-15(10-13-21(4-2)26(22,23)24)8-9-18(17)25-19(16)20-11-6-5-7-12-20/h8-9,14,16,19H,3-7,10-13H2,1-2H3,(H,22,23,24). The summed E-state index contributed by atoms with van der Waals surface area (Å²) in [7, 11) is -4.13. The summed E-state index contributed by atoms with van der Waals surface area (Å²) in [6.07, 6.45) is 5.49. The molecule has 0 radical (unpaired) electrons. The summed E-state index contributed by atoms with van der Waals surface area (Å²) in [6, 6.07) is 6.17. The van der Waals surface area contributed by atoms with Crippen LogP contribution in [-0.4, -0.2) is 54.6 Å². The first kappa shape index (κ1) is 19.6. The Morgan fingerprint density at radius 1 is 1.23 bits per heavy atom. The number of rotatable bonds is 7. The third-order valence-corrected chi connectivity index (χ3v) is 6.68. The summed E-state index contributed by atoms with van der Waals surface area (Å²) in [5, 5.41) is 0. The van der Waals surface area contributed by atoms with Gasteiger partial charge in [0.1, 0.15) is 5.75 Å². The number of likely N-dealkylation sites (tertiary alicyclic amines) is 1. The van der Waals surface area contributed by atoms with Crippen LogP contribution in [0.3, 0.4) is 0 Å². The number of hydrogen-bond acceptors (Lipinski definition) is 4. The average molecular weight is 383 g/mol. The minimum atomic E-state index is -4.13. The van der Waals surface area contributed by atoms with E-state index in [-0.39, 0.29) is 19.3 Å². The Morgan fingerprint density at radius 3 is 2.58 bits per heavy atom. The molecule has 2 aliphatic heterocycles. The zero-order valence-electron chi connectivity index (χ0n) is 15.7. The predicted molar refractivity (Wildman–Crippen MR) is 102 cm³/mol. The van der Waals surface area contributed by atoms with Crippen molar-refractivity contribution >= 4 is 10.3 Å². The zero-order valence-corrected chi connectivity index (χ0v) is 16.5. The van der Waals surface area contributed by atoms with Gasteiger partial charge in [0, 0.05) is 37.7 Å². The minimum Gasteiger partial charge on any atom is -0.474 e. The van der Waals surface area contributed by atoms with Crippen LogP contribution in [0.15, 0.2) is 18.2 Å². The van der Waals surface area contributed by atoms with Gasteiger partial charge >= 0.3 is 10.3 Å². The van der Waals surface area contributed by atoms with Crippen LogP contribution in [0.2, 0.25) is 0 Å². The van der Waals surface area contributed by atoms with Gasteiger partial charge in [-0.2, -0.15) is 12.7 Å². The first-order valence-corrected chi connectivity index (χ1v) is 11.1. The van der Waals surface area contributed by atoms with E-state index in [0.29, 0.717) is 12.3 Å². The molecule has 1 aromatic carbocycles. The molecule has 2 unspecified atom stereocenters. The lowest BCUT2D eigenvalue weighted by atomic mass is 9.93. The van der Waals surface area contributed by atoms with Crippen LogP contribution in [0.1, 0.15) is 56.6 Å². The fourth-order valence-electron chi connectivity index (χ4n) is 4.13. The first-order valence-electron chi connectivity index (χ1n) is 9.70. The molecule has 1 aromatic rings. The second-order valence-corrected chi connectivity index (χ2v) is 8.62. The molecule has 0 aliphatic carbocycles. The van der Waals surface area contributed by atoms with Crippen molar-refractivity contribution in [1.82, 2.24) is 9.21 Å². The minimum absolute atomic E-state index is 0.121. The maximum absolute atomic E-state index is 11.3. The molecule has 0 bridgehead atoms. The van der Waals surface area contributed by atoms with Crippen molar-refractivity contribution in [2.45, 2.75) is 58.1 Å². The first-order chi connectivity index (χ1) is 12.4. The normalized spacial score (nSPS) is 23.8. The van der Waals surface area contributed by atoms with Crippen molar-refractivity contribution < 1.29 is 17.7 Å². The molecule has 146 valence electrons. The molecular formula is C19H30N2O4S. The second-order valence-electron chi connectivity index (χ2n) is 7.21. The molecule has 2 atom stereocenters. The highest BCUT2D eigenvalue weighted by Gasteiger charge is 2.37. The topological polar surface area (TPSA) is 70.1 Å². The Morgan fingerprint density at radius 2 is 1.96 bits per heavy atom. The Kier molecular flexibility index (Phi) is 6.22. The lowest BCUT2D eigenvalue weighted by Crippen LogP contribution is -2.43. The van der Waals surface area contributed by atoms with Gasteiger partial charge in [0.05, 0.1) is 0 Å². The zero-order chi connectivity index (χ0) is 18.7. The molecule has 0 saturated carbocycles. The molecular weight excluding hydrogens is 352 g/mol. The number of ether oxygens (including phenoxy) is 1. The van der Waals surface area contributed by atoms with E-state index in [0.717, 1.165) is 35.1 Å². The van der Waals surface area contributed by atoms with Gasteiger partial charge in [-0.3, -0.25) is 9.45 Å². The van der Waals surface area contributed by atoms with Gasteiger partial charge < -0.3 is 4.74 Å². The largest absolute Gasteiger partial charge is 0.474 e. The molecule has 0 aromatic heterocycles. The SMILES string of the molecule is CCC1c2cc(CCN(CC)S(=O)(=O)O)ccc2OC1N1CCCCC1. The van der Waals surface area contributed by atoms with Crippen LogP contribution in [-0.2, 0) is 16.7 Å². The van der Waals surface area contributed by atoms with E-state index in [1.54, 1.807) is 6.92 Å². The van der Waals surface area contributed by atoms with Crippen molar-refractivity contribution in [3.63, 3.8) is 0 Å². The Bertz CT molecular complexity index is 716. The highest BCUT2D eigenvalue weighted by molar-refractivity contribution is 7.83. The third-order valence-electron chi connectivity index (χ3n) is 5.58. The lowest BCUT2D eigenvalue weighted by Gasteiger charge is -2.34. The van der Waals surface area contributed by atoms with Gasteiger partial charge in [-0.25, -0.2) is 0 Å². The van der Waals surface area contributed by atoms with E-state index < -0.39 is 10.3 Å². The Balaban J connectivity index is 1.73. The molecule has 0 spiro atoms. The van der Waals surface area contributed by atoms with Gasteiger partial charge in [-0.15, -0.1) is 0 Å². The summed E-state index contributed by atoms with van der Waals surface area (Å²) < 4.78 is 39.3. The van der Waals surface area contributed by atoms with Crippen LogP contribution >= 0.6 is 0 Å². The van der Waals surface area contributed by atoms with Crippen molar-refractivity contribution in [2.75, 3.05) is 26.2 Å². The fraction of sp³-hybridized carbons (Fsp3) is 0.684. The third kappa shape index (κ3) is 4.22. The summed E-state index contributed by atoms with van der Waals surface area (Å²) in [5.41, 5.74) is 2.31. The molecule has 1 N–H and O–H groups in total. The van der Waals surface area contributed by atoms with Crippen molar-refractivity contribution in [2.24, 2.45) is 0 Å². The smallest absolute Gasteiger partial charge is 0.335 e. The maximum Gasteiger partial charge on any atom is 0.335 e.